The highest BCUT2D eigenvalue weighted by Gasteiger charge is 2.20. The molecule has 4 nitrogen and oxygen atoms in total. The van der Waals surface area contributed by atoms with E-state index in [0.29, 0.717) is 18.5 Å². The van der Waals surface area contributed by atoms with E-state index in [0.717, 1.165) is 11.3 Å². The topological polar surface area (TPSA) is 58.2 Å². The number of hydrogen-bond donors (Lipinski definition) is 2. The number of nitrogens with one attached hydrogen (secondary N) is 2. The van der Waals surface area contributed by atoms with E-state index in [2.05, 4.69) is 10.6 Å². The number of hydrogen-bond acceptors (Lipinski definition) is 3. The molecule has 0 aliphatic rings. The molecule has 2 aromatic rings. The van der Waals surface area contributed by atoms with Gasteiger partial charge in [0.25, 0.3) is 5.91 Å². The first kappa shape index (κ1) is 19.1. The third kappa shape index (κ3) is 6.27. The molecule has 2 aromatic carbocycles. The van der Waals surface area contributed by atoms with Crippen LogP contribution in [-0.2, 0) is 11.3 Å². The van der Waals surface area contributed by atoms with E-state index in [-0.39, 0.29) is 11.8 Å². The number of benzene rings is 2. The van der Waals surface area contributed by atoms with Gasteiger partial charge in [0.15, 0.2) is 0 Å². The summed E-state index contributed by atoms with van der Waals surface area (Å²) < 4.78 is 0. The van der Waals surface area contributed by atoms with Gasteiger partial charge in [-0.1, -0.05) is 48.0 Å². The van der Waals surface area contributed by atoms with Gasteiger partial charge in [-0.25, -0.2) is 0 Å². The molecule has 0 fully saturated rings. The van der Waals surface area contributed by atoms with Gasteiger partial charge in [0.05, 0.1) is 0 Å². The molecular formula is C20H24N2O2S. The molecule has 2 amide bonds. The average molecular weight is 356 g/mol. The normalized spacial score (nSPS) is 11.6. The van der Waals surface area contributed by atoms with Crippen LogP contribution < -0.4 is 10.6 Å². The lowest BCUT2D eigenvalue weighted by atomic mass is 10.1. The third-order valence-corrected chi connectivity index (χ3v) is 4.50. The second-order valence-corrected chi connectivity index (χ2v) is 6.86. The molecule has 2 rings (SSSR count). The molecule has 0 aliphatic carbocycles. The van der Waals surface area contributed by atoms with Crippen molar-refractivity contribution in [2.24, 2.45) is 0 Å². The van der Waals surface area contributed by atoms with Crippen molar-refractivity contribution < 1.29 is 9.59 Å². The molecule has 0 aromatic heterocycles. The number of amides is 2. The Morgan fingerprint density at radius 3 is 2.36 bits per heavy atom. The van der Waals surface area contributed by atoms with Crippen molar-refractivity contribution in [1.82, 2.24) is 10.6 Å². The average Bonchev–Trinajstić information content (AvgIpc) is 2.65. The lowest BCUT2D eigenvalue weighted by molar-refractivity contribution is -0.123. The number of carbonyl (C=O) groups is 2. The summed E-state index contributed by atoms with van der Waals surface area (Å²) in [6.45, 7) is 2.48. The Morgan fingerprint density at radius 1 is 1.04 bits per heavy atom. The van der Waals surface area contributed by atoms with Crippen LogP contribution in [0.15, 0.2) is 54.6 Å². The second-order valence-electron chi connectivity index (χ2n) is 5.88. The van der Waals surface area contributed by atoms with Crippen molar-refractivity contribution in [1.29, 1.82) is 0 Å². The van der Waals surface area contributed by atoms with E-state index in [1.807, 2.05) is 55.6 Å². The number of aryl methyl sites for hydroxylation is 1. The van der Waals surface area contributed by atoms with Crippen molar-refractivity contribution in [3.05, 3.63) is 71.3 Å². The highest BCUT2D eigenvalue weighted by Crippen LogP contribution is 2.06. The Balaban J connectivity index is 1.96. The molecule has 132 valence electrons. The van der Waals surface area contributed by atoms with Gasteiger partial charge in [0, 0.05) is 12.1 Å². The van der Waals surface area contributed by atoms with Crippen LogP contribution in [0.25, 0.3) is 0 Å². The first-order valence-corrected chi connectivity index (χ1v) is 9.67. The summed E-state index contributed by atoms with van der Waals surface area (Å²) in [7, 11) is 0. The Kier molecular flexibility index (Phi) is 7.54. The van der Waals surface area contributed by atoms with E-state index in [1.54, 1.807) is 23.9 Å². The number of carbonyl (C=O) groups excluding carboxylic acids is 2. The van der Waals surface area contributed by atoms with Gasteiger partial charge < -0.3 is 10.6 Å². The lowest BCUT2D eigenvalue weighted by Crippen LogP contribution is -2.46. The zero-order valence-electron chi connectivity index (χ0n) is 14.6. The quantitative estimate of drug-likeness (QED) is 0.764. The molecule has 0 radical (unpaired) electrons. The number of thioether (sulfide) groups is 1. The maximum Gasteiger partial charge on any atom is 0.251 e. The van der Waals surface area contributed by atoms with Crippen molar-refractivity contribution in [2.45, 2.75) is 25.9 Å². The van der Waals surface area contributed by atoms with Gasteiger partial charge in [-0.3, -0.25) is 9.59 Å². The van der Waals surface area contributed by atoms with Crippen molar-refractivity contribution in [2.75, 3.05) is 12.0 Å². The van der Waals surface area contributed by atoms with Crippen molar-refractivity contribution in [3.63, 3.8) is 0 Å². The molecule has 0 heterocycles. The van der Waals surface area contributed by atoms with Crippen molar-refractivity contribution in [3.8, 4) is 0 Å². The Bertz CT molecular complexity index is 687. The van der Waals surface area contributed by atoms with Gasteiger partial charge in [-0.15, -0.1) is 0 Å². The van der Waals surface area contributed by atoms with Gasteiger partial charge in [0.1, 0.15) is 6.04 Å². The minimum atomic E-state index is -0.536. The van der Waals surface area contributed by atoms with Crippen LogP contribution in [0, 0.1) is 6.92 Å². The first-order valence-electron chi connectivity index (χ1n) is 8.28. The Morgan fingerprint density at radius 2 is 1.72 bits per heavy atom. The summed E-state index contributed by atoms with van der Waals surface area (Å²) in [6, 6.07) is 16.4. The molecule has 2 N–H and O–H groups in total. The highest BCUT2D eigenvalue weighted by atomic mass is 32.2. The predicted molar refractivity (Wildman–Crippen MR) is 104 cm³/mol. The predicted octanol–water partition coefficient (Wildman–Crippen LogP) is 3.16. The lowest BCUT2D eigenvalue weighted by Gasteiger charge is -2.18. The maximum atomic E-state index is 12.5. The summed E-state index contributed by atoms with van der Waals surface area (Å²) >= 11 is 1.66. The monoisotopic (exact) mass is 356 g/mol. The van der Waals surface area contributed by atoms with Crippen LogP contribution in [0.3, 0.4) is 0 Å². The van der Waals surface area contributed by atoms with Gasteiger partial charge in [-0.05, 0) is 43.0 Å². The molecule has 1 unspecified atom stereocenters. The van der Waals surface area contributed by atoms with Gasteiger partial charge in [-0.2, -0.15) is 11.8 Å². The molecule has 0 aliphatic heterocycles. The van der Waals surface area contributed by atoms with E-state index in [9.17, 15) is 9.59 Å². The first-order chi connectivity index (χ1) is 12.1. The van der Waals surface area contributed by atoms with E-state index < -0.39 is 6.04 Å². The largest absolute Gasteiger partial charge is 0.350 e. The molecular weight excluding hydrogens is 332 g/mol. The van der Waals surface area contributed by atoms with Gasteiger partial charge >= 0.3 is 0 Å². The summed E-state index contributed by atoms with van der Waals surface area (Å²) in [5.41, 5.74) is 2.78. The molecule has 25 heavy (non-hydrogen) atoms. The molecule has 0 spiro atoms. The molecule has 0 bridgehead atoms. The van der Waals surface area contributed by atoms with Crippen LogP contribution in [0.2, 0.25) is 0 Å². The minimum Gasteiger partial charge on any atom is -0.350 e. The van der Waals surface area contributed by atoms with Gasteiger partial charge in [0.2, 0.25) is 5.91 Å². The molecule has 1 atom stereocenters. The van der Waals surface area contributed by atoms with E-state index >= 15 is 0 Å². The Labute approximate surface area is 153 Å². The smallest absolute Gasteiger partial charge is 0.251 e. The minimum absolute atomic E-state index is 0.154. The van der Waals surface area contributed by atoms with Crippen LogP contribution >= 0.6 is 11.8 Å². The number of rotatable bonds is 8. The second kappa shape index (κ2) is 9.89. The summed E-state index contributed by atoms with van der Waals surface area (Å²) in [4.78, 5) is 24.9. The summed E-state index contributed by atoms with van der Waals surface area (Å²) in [6.07, 6.45) is 2.58. The fraction of sp³-hybridized carbons (Fsp3) is 0.300. The zero-order chi connectivity index (χ0) is 18.1. The van der Waals surface area contributed by atoms with E-state index in [4.69, 9.17) is 0 Å². The molecule has 5 heteroatoms. The third-order valence-electron chi connectivity index (χ3n) is 3.86. The van der Waals surface area contributed by atoms with Crippen molar-refractivity contribution >= 4 is 23.6 Å². The fourth-order valence-electron chi connectivity index (χ4n) is 2.35. The standard InChI is InChI=1S/C20H24N2O2S/c1-15-8-10-16(11-9-15)14-21-20(24)18(12-13-25-2)22-19(23)17-6-4-3-5-7-17/h3-11,18H,12-14H2,1-2H3,(H,21,24)(H,22,23). The molecule has 0 saturated carbocycles. The highest BCUT2D eigenvalue weighted by molar-refractivity contribution is 7.98. The van der Waals surface area contributed by atoms with E-state index in [1.165, 1.54) is 5.56 Å². The maximum absolute atomic E-state index is 12.5. The summed E-state index contributed by atoms with van der Waals surface area (Å²) in [5.74, 6) is 0.425. The van der Waals surface area contributed by atoms with Crippen LogP contribution in [0.5, 0.6) is 0 Å². The fourth-order valence-corrected chi connectivity index (χ4v) is 2.83. The Hall–Kier alpha value is -2.27. The zero-order valence-corrected chi connectivity index (χ0v) is 15.4. The van der Waals surface area contributed by atoms with Crippen LogP contribution in [0.4, 0.5) is 0 Å². The van der Waals surface area contributed by atoms with Crippen LogP contribution in [-0.4, -0.2) is 29.9 Å². The SMILES string of the molecule is CSCCC(NC(=O)c1ccccc1)C(=O)NCc1ccc(C)cc1. The molecule has 0 saturated heterocycles. The summed E-state index contributed by atoms with van der Waals surface area (Å²) in [5, 5.41) is 5.77. The van der Waals surface area contributed by atoms with Crippen LogP contribution in [0.1, 0.15) is 27.9 Å².